The zero-order valence-electron chi connectivity index (χ0n) is 10.8. The summed E-state index contributed by atoms with van der Waals surface area (Å²) < 4.78 is 19.3. The van der Waals surface area contributed by atoms with Crippen molar-refractivity contribution in [1.29, 1.82) is 0 Å². The molecule has 1 fully saturated rings. The number of morpholine rings is 1. The van der Waals surface area contributed by atoms with E-state index in [1.54, 1.807) is 0 Å². The fourth-order valence-electron chi connectivity index (χ4n) is 2.09. The van der Waals surface area contributed by atoms with E-state index in [9.17, 15) is 14.0 Å². The largest absolute Gasteiger partial charge is 0.465 e. The Hall–Kier alpha value is -2.15. The summed E-state index contributed by atoms with van der Waals surface area (Å²) in [7, 11) is 0. The molecule has 2 rings (SSSR count). The number of anilines is 2. The smallest absolute Gasteiger partial charge is 0.412 e. The molecule has 0 aromatic heterocycles. The number of nitrogens with zero attached hydrogens (tertiary/aromatic N) is 2. The average Bonchev–Trinajstić information content (AvgIpc) is 2.45. The average molecular weight is 282 g/mol. The molecule has 1 aliphatic rings. The molecular formula is C13H15FN2O4. The third-order valence-electron chi connectivity index (χ3n) is 3.08. The summed E-state index contributed by atoms with van der Waals surface area (Å²) >= 11 is 0. The lowest BCUT2D eigenvalue weighted by Gasteiger charge is -2.29. The molecule has 108 valence electrons. The van der Waals surface area contributed by atoms with Gasteiger partial charge < -0.3 is 19.5 Å². The van der Waals surface area contributed by atoms with E-state index in [4.69, 9.17) is 9.84 Å². The van der Waals surface area contributed by atoms with Crippen LogP contribution in [0.25, 0.3) is 0 Å². The predicted molar refractivity (Wildman–Crippen MR) is 70.9 cm³/mol. The molecule has 0 radical (unpaired) electrons. The van der Waals surface area contributed by atoms with Crippen molar-refractivity contribution in [3.05, 3.63) is 24.0 Å². The van der Waals surface area contributed by atoms with Gasteiger partial charge in [-0.25, -0.2) is 9.18 Å². The number of aldehydes is 1. The van der Waals surface area contributed by atoms with Crippen LogP contribution in [0.15, 0.2) is 18.2 Å². The Balaban J connectivity index is 2.23. The highest BCUT2D eigenvalue weighted by Gasteiger charge is 2.19. The van der Waals surface area contributed by atoms with Crippen LogP contribution in [0.1, 0.15) is 0 Å². The lowest BCUT2D eigenvalue weighted by Crippen LogP contribution is -2.37. The summed E-state index contributed by atoms with van der Waals surface area (Å²) in [5.74, 6) is -0.512. The molecule has 20 heavy (non-hydrogen) atoms. The zero-order chi connectivity index (χ0) is 14.5. The van der Waals surface area contributed by atoms with Crippen LogP contribution in [0.3, 0.4) is 0 Å². The minimum absolute atomic E-state index is 0.138. The minimum atomic E-state index is -1.30. The van der Waals surface area contributed by atoms with Gasteiger partial charge in [-0.1, -0.05) is 0 Å². The number of carbonyl (C=O) groups is 2. The molecule has 1 amide bonds. The summed E-state index contributed by atoms with van der Waals surface area (Å²) in [5, 5.41) is 8.98. The number of ether oxygens (including phenoxy) is 1. The number of carboxylic acid groups (broad SMARTS) is 1. The molecular weight excluding hydrogens is 267 g/mol. The maximum Gasteiger partial charge on any atom is 0.412 e. The van der Waals surface area contributed by atoms with Crippen LogP contribution < -0.4 is 9.80 Å². The second-order valence-corrected chi connectivity index (χ2v) is 4.29. The van der Waals surface area contributed by atoms with Gasteiger partial charge in [-0.05, 0) is 18.2 Å². The van der Waals surface area contributed by atoms with Crippen molar-refractivity contribution in [2.75, 3.05) is 42.6 Å². The second kappa shape index (κ2) is 6.33. The Morgan fingerprint density at radius 1 is 1.45 bits per heavy atom. The molecule has 0 atom stereocenters. The lowest BCUT2D eigenvalue weighted by atomic mass is 10.2. The zero-order valence-corrected chi connectivity index (χ0v) is 10.8. The topological polar surface area (TPSA) is 70.1 Å². The lowest BCUT2D eigenvalue weighted by molar-refractivity contribution is -0.106. The molecule has 0 spiro atoms. The Labute approximate surface area is 115 Å². The van der Waals surface area contributed by atoms with Crippen molar-refractivity contribution in [1.82, 2.24) is 0 Å². The third kappa shape index (κ3) is 3.05. The van der Waals surface area contributed by atoms with Gasteiger partial charge in [0.15, 0.2) is 0 Å². The van der Waals surface area contributed by atoms with Crippen LogP contribution in [0.4, 0.5) is 20.6 Å². The van der Waals surface area contributed by atoms with Crippen LogP contribution in [0.5, 0.6) is 0 Å². The molecule has 6 nitrogen and oxygen atoms in total. The SMILES string of the molecule is O=CCN(C(=O)O)c1ccc(N2CCOCC2)c(F)c1. The van der Waals surface area contributed by atoms with Gasteiger partial charge in [-0.2, -0.15) is 0 Å². The predicted octanol–water partition coefficient (Wildman–Crippen LogP) is 1.35. The number of hydrogen-bond donors (Lipinski definition) is 1. The molecule has 0 aliphatic carbocycles. The number of benzene rings is 1. The second-order valence-electron chi connectivity index (χ2n) is 4.29. The minimum Gasteiger partial charge on any atom is -0.465 e. The van der Waals surface area contributed by atoms with Gasteiger partial charge in [-0.3, -0.25) is 4.90 Å². The van der Waals surface area contributed by atoms with Gasteiger partial charge in [-0.15, -0.1) is 0 Å². The van der Waals surface area contributed by atoms with Gasteiger partial charge in [0.25, 0.3) is 0 Å². The van der Waals surface area contributed by atoms with Crippen molar-refractivity contribution < 1.29 is 23.8 Å². The summed E-state index contributed by atoms with van der Waals surface area (Å²) in [6.07, 6.45) is -0.835. The van der Waals surface area contributed by atoms with E-state index in [0.717, 1.165) is 11.0 Å². The molecule has 1 N–H and O–H groups in total. The maximum atomic E-state index is 14.1. The Bertz CT molecular complexity index is 503. The molecule has 1 aromatic carbocycles. The first kappa shape index (κ1) is 14.3. The van der Waals surface area contributed by atoms with Crippen molar-refractivity contribution in [3.8, 4) is 0 Å². The number of rotatable bonds is 4. The van der Waals surface area contributed by atoms with Crippen molar-refractivity contribution in [3.63, 3.8) is 0 Å². The Morgan fingerprint density at radius 3 is 2.70 bits per heavy atom. The Morgan fingerprint density at radius 2 is 2.15 bits per heavy atom. The fourth-order valence-corrected chi connectivity index (χ4v) is 2.09. The van der Waals surface area contributed by atoms with E-state index >= 15 is 0 Å². The summed E-state index contributed by atoms with van der Waals surface area (Å²) in [6, 6.07) is 4.14. The fraction of sp³-hybridized carbons (Fsp3) is 0.385. The first-order valence-electron chi connectivity index (χ1n) is 6.20. The third-order valence-corrected chi connectivity index (χ3v) is 3.08. The monoisotopic (exact) mass is 282 g/mol. The molecule has 1 aliphatic heterocycles. The number of carbonyl (C=O) groups excluding carboxylic acids is 1. The molecule has 0 saturated carbocycles. The highest BCUT2D eigenvalue weighted by molar-refractivity contribution is 5.89. The molecule has 1 heterocycles. The summed E-state index contributed by atoms with van der Waals surface area (Å²) in [6.45, 7) is 1.92. The van der Waals surface area contributed by atoms with Crippen LogP contribution in [0, 0.1) is 5.82 Å². The van der Waals surface area contributed by atoms with E-state index in [1.165, 1.54) is 12.1 Å². The van der Waals surface area contributed by atoms with Gasteiger partial charge in [0.2, 0.25) is 0 Å². The normalized spacial score (nSPS) is 14.9. The van der Waals surface area contributed by atoms with Crippen molar-refractivity contribution in [2.45, 2.75) is 0 Å². The van der Waals surface area contributed by atoms with Gasteiger partial charge in [0, 0.05) is 13.1 Å². The van der Waals surface area contributed by atoms with Gasteiger partial charge >= 0.3 is 6.09 Å². The van der Waals surface area contributed by atoms with E-state index in [1.807, 2.05) is 4.90 Å². The summed E-state index contributed by atoms with van der Waals surface area (Å²) in [4.78, 5) is 24.1. The van der Waals surface area contributed by atoms with Gasteiger partial charge in [0.05, 0.1) is 31.1 Å². The number of amides is 1. The molecule has 0 bridgehead atoms. The number of hydrogen-bond acceptors (Lipinski definition) is 4. The van der Waals surface area contributed by atoms with E-state index in [0.29, 0.717) is 38.3 Å². The van der Waals surface area contributed by atoms with Crippen LogP contribution in [-0.4, -0.2) is 50.3 Å². The highest BCUT2D eigenvalue weighted by atomic mass is 19.1. The molecule has 1 aromatic rings. The van der Waals surface area contributed by atoms with E-state index in [2.05, 4.69) is 0 Å². The molecule has 0 unspecified atom stereocenters. The van der Waals surface area contributed by atoms with Crippen LogP contribution >= 0.6 is 0 Å². The van der Waals surface area contributed by atoms with Crippen LogP contribution in [-0.2, 0) is 9.53 Å². The van der Waals surface area contributed by atoms with Crippen molar-refractivity contribution in [2.24, 2.45) is 0 Å². The maximum absolute atomic E-state index is 14.1. The standard InChI is InChI=1S/C13H15FN2O4/c14-11-9-10(16(3-6-17)13(18)19)1-2-12(11)15-4-7-20-8-5-15/h1-2,6,9H,3-5,7-8H2,(H,18,19). The first-order chi connectivity index (χ1) is 9.63. The number of halogens is 1. The molecule has 7 heteroatoms. The van der Waals surface area contributed by atoms with E-state index < -0.39 is 11.9 Å². The Kier molecular flexibility index (Phi) is 4.52. The quantitative estimate of drug-likeness (QED) is 0.844. The highest BCUT2D eigenvalue weighted by Crippen LogP contribution is 2.25. The summed E-state index contributed by atoms with van der Waals surface area (Å²) in [5.41, 5.74) is 0.549. The van der Waals surface area contributed by atoms with Crippen LogP contribution in [0.2, 0.25) is 0 Å². The molecule has 1 saturated heterocycles. The first-order valence-corrected chi connectivity index (χ1v) is 6.20. The van der Waals surface area contributed by atoms with Crippen molar-refractivity contribution >= 4 is 23.8 Å². The van der Waals surface area contributed by atoms with Gasteiger partial charge in [0.1, 0.15) is 12.1 Å². The van der Waals surface area contributed by atoms with E-state index in [-0.39, 0.29) is 12.2 Å².